The molecular formula is C17H25NO. The number of rotatable bonds is 6. The van der Waals surface area contributed by atoms with Crippen LogP contribution in [0.25, 0.3) is 0 Å². The van der Waals surface area contributed by atoms with E-state index < -0.39 is 0 Å². The second-order valence-electron chi connectivity index (χ2n) is 6.28. The van der Waals surface area contributed by atoms with Crippen molar-refractivity contribution in [2.75, 3.05) is 13.2 Å². The predicted octanol–water partition coefficient (Wildman–Crippen LogP) is 3.06. The van der Waals surface area contributed by atoms with Gasteiger partial charge < -0.3 is 10.4 Å². The molecule has 1 aromatic carbocycles. The molecule has 2 N–H and O–H groups in total. The van der Waals surface area contributed by atoms with Crippen molar-refractivity contribution in [1.29, 1.82) is 0 Å². The van der Waals surface area contributed by atoms with Crippen molar-refractivity contribution >= 4 is 0 Å². The van der Waals surface area contributed by atoms with Crippen molar-refractivity contribution < 1.29 is 5.11 Å². The first-order valence-corrected chi connectivity index (χ1v) is 7.77. The third-order valence-corrected chi connectivity index (χ3v) is 4.79. The van der Waals surface area contributed by atoms with Crippen LogP contribution >= 0.6 is 0 Å². The van der Waals surface area contributed by atoms with E-state index in [1.165, 1.54) is 43.2 Å². The molecule has 0 saturated heterocycles. The van der Waals surface area contributed by atoms with Crippen molar-refractivity contribution in [2.24, 2.45) is 11.8 Å². The zero-order valence-electron chi connectivity index (χ0n) is 11.6. The van der Waals surface area contributed by atoms with Crippen LogP contribution in [0.1, 0.15) is 49.1 Å². The van der Waals surface area contributed by atoms with E-state index in [-0.39, 0.29) is 0 Å². The van der Waals surface area contributed by atoms with E-state index in [1.54, 1.807) is 0 Å². The fourth-order valence-corrected chi connectivity index (χ4v) is 3.40. The Hall–Kier alpha value is -0.860. The Morgan fingerprint density at radius 3 is 2.74 bits per heavy atom. The zero-order chi connectivity index (χ0) is 13.1. The molecule has 104 valence electrons. The van der Waals surface area contributed by atoms with Crippen LogP contribution in [-0.4, -0.2) is 18.3 Å². The molecule has 2 atom stereocenters. The van der Waals surface area contributed by atoms with Crippen LogP contribution in [-0.2, 0) is 6.54 Å². The lowest BCUT2D eigenvalue weighted by Gasteiger charge is -2.18. The average Bonchev–Trinajstić information content (AvgIpc) is 3.20. The van der Waals surface area contributed by atoms with E-state index in [9.17, 15) is 5.11 Å². The zero-order valence-corrected chi connectivity index (χ0v) is 11.6. The van der Waals surface area contributed by atoms with Gasteiger partial charge in [-0.25, -0.2) is 0 Å². The number of aliphatic hydroxyl groups is 1. The number of nitrogens with one attached hydrogen (secondary N) is 1. The summed E-state index contributed by atoms with van der Waals surface area (Å²) in [5.41, 5.74) is 2.93. The Bertz CT molecular complexity index is 413. The molecule has 2 aliphatic rings. The van der Waals surface area contributed by atoms with Crippen molar-refractivity contribution in [2.45, 2.75) is 44.6 Å². The molecule has 0 spiro atoms. The molecule has 0 bridgehead atoms. The maximum absolute atomic E-state index is 9.33. The van der Waals surface area contributed by atoms with Crippen LogP contribution in [0.2, 0.25) is 0 Å². The summed E-state index contributed by atoms with van der Waals surface area (Å²) < 4.78 is 0. The van der Waals surface area contributed by atoms with Gasteiger partial charge in [-0.15, -0.1) is 0 Å². The lowest BCUT2D eigenvalue weighted by Crippen LogP contribution is -2.26. The summed E-state index contributed by atoms with van der Waals surface area (Å²) >= 11 is 0. The quantitative estimate of drug-likeness (QED) is 0.823. The summed E-state index contributed by atoms with van der Waals surface area (Å²) in [5.74, 6) is 2.05. The van der Waals surface area contributed by atoms with Crippen molar-refractivity contribution in [3.63, 3.8) is 0 Å². The van der Waals surface area contributed by atoms with E-state index in [4.69, 9.17) is 0 Å². The van der Waals surface area contributed by atoms with E-state index in [1.807, 2.05) is 0 Å². The average molecular weight is 259 g/mol. The molecular weight excluding hydrogens is 234 g/mol. The van der Waals surface area contributed by atoms with Crippen LogP contribution in [0.3, 0.4) is 0 Å². The third kappa shape index (κ3) is 3.37. The molecule has 2 saturated carbocycles. The molecule has 3 rings (SSSR count). The molecule has 0 aliphatic heterocycles. The van der Waals surface area contributed by atoms with Crippen molar-refractivity contribution in [3.05, 3.63) is 35.4 Å². The van der Waals surface area contributed by atoms with Crippen LogP contribution < -0.4 is 5.32 Å². The predicted molar refractivity (Wildman–Crippen MR) is 78.0 cm³/mol. The fourth-order valence-electron chi connectivity index (χ4n) is 3.40. The van der Waals surface area contributed by atoms with Crippen molar-refractivity contribution in [1.82, 2.24) is 5.32 Å². The summed E-state index contributed by atoms with van der Waals surface area (Å²) in [5, 5.41) is 12.9. The maximum Gasteiger partial charge on any atom is 0.0462 e. The minimum Gasteiger partial charge on any atom is -0.396 e. The minimum absolute atomic E-state index is 0.365. The summed E-state index contributed by atoms with van der Waals surface area (Å²) in [4.78, 5) is 0. The van der Waals surface area contributed by atoms with Gasteiger partial charge in [-0.1, -0.05) is 30.7 Å². The topological polar surface area (TPSA) is 32.3 Å². The lowest BCUT2D eigenvalue weighted by atomic mass is 9.97. The molecule has 0 heterocycles. The van der Waals surface area contributed by atoms with Crippen LogP contribution in [0.5, 0.6) is 0 Å². The highest BCUT2D eigenvalue weighted by Gasteiger charge is 2.26. The number of aliphatic hydroxyl groups excluding tert-OH is 1. The standard InChI is InChI=1S/C17H25NO/c19-12-17-6-2-5-16(17)11-18-10-13-3-1-4-15(9-13)14-7-8-14/h1,3-4,9,14,16-19H,2,5-8,10-12H2. The van der Waals surface area contributed by atoms with E-state index in [0.717, 1.165) is 19.0 Å². The highest BCUT2D eigenvalue weighted by Crippen LogP contribution is 2.40. The lowest BCUT2D eigenvalue weighted by molar-refractivity contribution is 0.192. The Kier molecular flexibility index (Phi) is 4.19. The van der Waals surface area contributed by atoms with Crippen LogP contribution in [0, 0.1) is 11.8 Å². The first kappa shape index (κ1) is 13.1. The first-order valence-electron chi connectivity index (χ1n) is 7.77. The molecule has 1 aromatic rings. The number of benzene rings is 1. The molecule has 2 nitrogen and oxygen atoms in total. The Morgan fingerprint density at radius 2 is 1.95 bits per heavy atom. The summed E-state index contributed by atoms with van der Waals surface area (Å²) in [6.45, 7) is 2.39. The van der Waals surface area contributed by atoms with E-state index in [0.29, 0.717) is 18.4 Å². The van der Waals surface area contributed by atoms with Crippen LogP contribution in [0.15, 0.2) is 24.3 Å². The Labute approximate surface area is 116 Å². The molecule has 2 aliphatic carbocycles. The van der Waals surface area contributed by atoms with Crippen LogP contribution in [0.4, 0.5) is 0 Å². The Morgan fingerprint density at radius 1 is 1.11 bits per heavy atom. The SMILES string of the molecule is OCC1CCCC1CNCc1cccc(C2CC2)c1. The Balaban J connectivity index is 1.48. The second kappa shape index (κ2) is 6.06. The molecule has 2 heteroatoms. The highest BCUT2D eigenvalue weighted by molar-refractivity contribution is 5.29. The van der Waals surface area contributed by atoms with Gasteiger partial charge in [0.2, 0.25) is 0 Å². The molecule has 2 fully saturated rings. The van der Waals surface area contributed by atoms with Gasteiger partial charge in [0.05, 0.1) is 0 Å². The maximum atomic E-state index is 9.33. The van der Waals surface area contributed by atoms with Gasteiger partial charge in [0.15, 0.2) is 0 Å². The van der Waals surface area contributed by atoms with Gasteiger partial charge in [0.25, 0.3) is 0 Å². The number of hydrogen-bond donors (Lipinski definition) is 2. The highest BCUT2D eigenvalue weighted by atomic mass is 16.3. The minimum atomic E-state index is 0.365. The summed E-state index contributed by atoms with van der Waals surface area (Å²) in [7, 11) is 0. The normalized spacial score (nSPS) is 26.8. The molecule has 0 radical (unpaired) electrons. The van der Waals surface area contributed by atoms with E-state index >= 15 is 0 Å². The van der Waals surface area contributed by atoms with Gasteiger partial charge in [-0.2, -0.15) is 0 Å². The van der Waals surface area contributed by atoms with E-state index in [2.05, 4.69) is 29.6 Å². The molecule has 2 unspecified atom stereocenters. The fraction of sp³-hybridized carbons (Fsp3) is 0.647. The summed E-state index contributed by atoms with van der Waals surface area (Å²) in [6.07, 6.45) is 6.52. The van der Waals surface area contributed by atoms with Gasteiger partial charge in [-0.3, -0.25) is 0 Å². The van der Waals surface area contributed by atoms with Gasteiger partial charge >= 0.3 is 0 Å². The van der Waals surface area contributed by atoms with Gasteiger partial charge in [0.1, 0.15) is 0 Å². The summed E-state index contributed by atoms with van der Waals surface area (Å²) in [6, 6.07) is 9.04. The van der Waals surface area contributed by atoms with Gasteiger partial charge in [-0.05, 0) is 61.1 Å². The van der Waals surface area contributed by atoms with Crippen molar-refractivity contribution in [3.8, 4) is 0 Å². The monoisotopic (exact) mass is 259 g/mol. The second-order valence-corrected chi connectivity index (χ2v) is 6.28. The smallest absolute Gasteiger partial charge is 0.0462 e. The number of hydrogen-bond acceptors (Lipinski definition) is 2. The third-order valence-electron chi connectivity index (χ3n) is 4.79. The molecule has 19 heavy (non-hydrogen) atoms. The molecule has 0 amide bonds. The first-order chi connectivity index (χ1) is 9.36. The van der Waals surface area contributed by atoms with Gasteiger partial charge in [0, 0.05) is 13.2 Å². The largest absolute Gasteiger partial charge is 0.396 e. The molecule has 0 aromatic heterocycles.